The van der Waals surface area contributed by atoms with Crippen LogP contribution in [0.5, 0.6) is 0 Å². The molecule has 1 N–H and O–H groups in total. The summed E-state index contributed by atoms with van der Waals surface area (Å²) in [4.78, 5) is 16.7. The van der Waals surface area contributed by atoms with E-state index in [9.17, 15) is 4.79 Å². The zero-order valence-electron chi connectivity index (χ0n) is 15.7. The average Bonchev–Trinajstić information content (AvgIpc) is 3.47. The van der Waals surface area contributed by atoms with Crippen molar-refractivity contribution in [2.24, 2.45) is 0 Å². The lowest BCUT2D eigenvalue weighted by atomic mass is 9.96. The van der Waals surface area contributed by atoms with Crippen LogP contribution in [0.1, 0.15) is 56.7 Å². The molecule has 27 heavy (non-hydrogen) atoms. The summed E-state index contributed by atoms with van der Waals surface area (Å²) in [6.07, 6.45) is 10.3. The van der Waals surface area contributed by atoms with E-state index in [0.717, 1.165) is 56.2 Å². The number of piperazine rings is 1. The smallest absolute Gasteiger partial charge is 0.317 e. The zero-order valence-corrected chi connectivity index (χ0v) is 15.7. The summed E-state index contributed by atoms with van der Waals surface area (Å²) in [5.41, 5.74) is 1.87. The first-order chi connectivity index (χ1) is 13.3. The van der Waals surface area contributed by atoms with Crippen molar-refractivity contribution in [3.05, 3.63) is 18.1 Å². The van der Waals surface area contributed by atoms with Crippen molar-refractivity contribution < 1.29 is 4.79 Å². The van der Waals surface area contributed by atoms with Crippen molar-refractivity contribution in [3.63, 3.8) is 0 Å². The fourth-order valence-electron chi connectivity index (χ4n) is 4.25. The number of nitrogens with zero attached hydrogens (tertiary/aromatic N) is 6. The quantitative estimate of drug-likeness (QED) is 0.897. The molecule has 2 saturated carbocycles. The second kappa shape index (κ2) is 6.98. The highest BCUT2D eigenvalue weighted by Crippen LogP contribution is 2.38. The number of anilines is 1. The van der Waals surface area contributed by atoms with Crippen LogP contribution in [0, 0.1) is 0 Å². The summed E-state index contributed by atoms with van der Waals surface area (Å²) in [6.45, 7) is 3.12. The first-order valence-electron chi connectivity index (χ1n) is 10.3. The van der Waals surface area contributed by atoms with Crippen LogP contribution < -0.4 is 10.2 Å². The molecule has 3 heterocycles. The van der Waals surface area contributed by atoms with E-state index < -0.39 is 0 Å². The first-order valence-corrected chi connectivity index (χ1v) is 10.3. The fourth-order valence-corrected chi connectivity index (χ4v) is 4.25. The lowest BCUT2D eigenvalue weighted by molar-refractivity contribution is 0.186. The Balaban J connectivity index is 1.20. The van der Waals surface area contributed by atoms with Gasteiger partial charge in [0.05, 0.1) is 11.9 Å². The van der Waals surface area contributed by atoms with E-state index in [4.69, 9.17) is 0 Å². The van der Waals surface area contributed by atoms with Crippen LogP contribution >= 0.6 is 0 Å². The second-order valence-corrected chi connectivity index (χ2v) is 8.07. The van der Waals surface area contributed by atoms with Crippen LogP contribution in [-0.2, 0) is 0 Å². The monoisotopic (exact) mass is 369 g/mol. The van der Waals surface area contributed by atoms with E-state index >= 15 is 0 Å². The van der Waals surface area contributed by atoms with E-state index in [1.54, 1.807) is 0 Å². The number of rotatable bonds is 3. The molecule has 0 atom stereocenters. The van der Waals surface area contributed by atoms with E-state index in [0.29, 0.717) is 12.0 Å². The van der Waals surface area contributed by atoms with E-state index in [1.807, 2.05) is 15.6 Å². The van der Waals surface area contributed by atoms with Crippen LogP contribution in [0.25, 0.3) is 5.65 Å². The molecular weight excluding hydrogens is 342 g/mol. The van der Waals surface area contributed by atoms with Crippen molar-refractivity contribution in [2.45, 2.75) is 56.9 Å². The van der Waals surface area contributed by atoms with Crippen LogP contribution in [0.15, 0.2) is 12.3 Å². The van der Waals surface area contributed by atoms with Crippen LogP contribution in [-0.4, -0.2) is 63.0 Å². The zero-order chi connectivity index (χ0) is 18.2. The van der Waals surface area contributed by atoms with Gasteiger partial charge >= 0.3 is 6.03 Å². The molecule has 3 aliphatic rings. The molecule has 1 aliphatic heterocycles. The molecule has 3 fully saturated rings. The molecule has 2 aliphatic carbocycles. The van der Waals surface area contributed by atoms with Gasteiger partial charge in [0.15, 0.2) is 11.5 Å². The highest BCUT2D eigenvalue weighted by molar-refractivity contribution is 5.75. The SMILES string of the molecule is O=C(NC1CCCCC1)N1CCN(c2cnn3c(C4CC4)nnc3c2)CC1. The Labute approximate surface area is 158 Å². The molecule has 2 aromatic heterocycles. The Hall–Kier alpha value is -2.38. The van der Waals surface area contributed by atoms with Crippen molar-refractivity contribution in [1.29, 1.82) is 0 Å². The number of fused-ring (bicyclic) bond motifs is 1. The number of hydrogen-bond donors (Lipinski definition) is 1. The van der Waals surface area contributed by atoms with Crippen LogP contribution in [0.2, 0.25) is 0 Å². The van der Waals surface area contributed by atoms with Crippen molar-refractivity contribution in [1.82, 2.24) is 30.0 Å². The molecule has 0 radical (unpaired) electrons. The van der Waals surface area contributed by atoms with E-state index in [1.165, 1.54) is 32.1 Å². The molecule has 0 aromatic carbocycles. The maximum absolute atomic E-state index is 12.5. The van der Waals surface area contributed by atoms with E-state index in [2.05, 4.69) is 31.6 Å². The van der Waals surface area contributed by atoms with E-state index in [-0.39, 0.29) is 6.03 Å². The minimum Gasteiger partial charge on any atom is -0.367 e. The number of nitrogens with one attached hydrogen (secondary N) is 1. The Morgan fingerprint density at radius 3 is 2.52 bits per heavy atom. The molecular formula is C19H27N7O. The predicted octanol–water partition coefficient (Wildman–Crippen LogP) is 2.17. The molecule has 8 heteroatoms. The van der Waals surface area contributed by atoms with Gasteiger partial charge in [0.25, 0.3) is 0 Å². The maximum atomic E-state index is 12.5. The highest BCUT2D eigenvalue weighted by atomic mass is 16.2. The third-order valence-electron chi connectivity index (χ3n) is 6.08. The summed E-state index contributed by atoms with van der Waals surface area (Å²) in [6, 6.07) is 2.52. The van der Waals surface area contributed by atoms with Gasteiger partial charge in [-0.05, 0) is 25.7 Å². The topological polar surface area (TPSA) is 78.7 Å². The van der Waals surface area contributed by atoms with Gasteiger partial charge in [-0.1, -0.05) is 19.3 Å². The van der Waals surface area contributed by atoms with Crippen molar-refractivity contribution in [2.75, 3.05) is 31.1 Å². The molecule has 2 aromatic rings. The summed E-state index contributed by atoms with van der Waals surface area (Å²) in [5.74, 6) is 1.52. The molecule has 0 spiro atoms. The summed E-state index contributed by atoms with van der Waals surface area (Å²) >= 11 is 0. The third-order valence-corrected chi connectivity index (χ3v) is 6.08. The molecule has 1 saturated heterocycles. The normalized spacial score (nSPS) is 21.6. The van der Waals surface area contributed by atoms with Gasteiger partial charge in [-0.15, -0.1) is 10.2 Å². The lowest BCUT2D eigenvalue weighted by Crippen LogP contribution is -2.53. The number of carbonyl (C=O) groups excluding carboxylic acids is 1. The van der Waals surface area contributed by atoms with Crippen LogP contribution in [0.4, 0.5) is 10.5 Å². The fraction of sp³-hybridized carbons (Fsp3) is 0.684. The van der Waals surface area contributed by atoms with Crippen molar-refractivity contribution >= 4 is 17.4 Å². The number of urea groups is 1. The lowest BCUT2D eigenvalue weighted by Gasteiger charge is -2.37. The Bertz CT molecular complexity index is 817. The molecule has 0 bridgehead atoms. The Morgan fingerprint density at radius 2 is 1.78 bits per heavy atom. The van der Waals surface area contributed by atoms with Gasteiger partial charge in [0, 0.05) is 44.2 Å². The first kappa shape index (κ1) is 16.8. The molecule has 8 nitrogen and oxygen atoms in total. The van der Waals surface area contributed by atoms with Gasteiger partial charge in [0.2, 0.25) is 0 Å². The van der Waals surface area contributed by atoms with Gasteiger partial charge < -0.3 is 15.1 Å². The second-order valence-electron chi connectivity index (χ2n) is 8.07. The summed E-state index contributed by atoms with van der Waals surface area (Å²) in [7, 11) is 0. The molecule has 0 unspecified atom stereocenters. The van der Waals surface area contributed by atoms with Crippen LogP contribution in [0.3, 0.4) is 0 Å². The largest absolute Gasteiger partial charge is 0.367 e. The Kier molecular flexibility index (Phi) is 4.33. The minimum absolute atomic E-state index is 0.0988. The standard InChI is InChI=1S/C19H27N7O/c27-19(21-15-4-2-1-3-5-15)25-10-8-24(9-11-25)16-12-17-22-23-18(14-6-7-14)26(17)20-13-16/h12-15H,1-11H2,(H,21,27). The molecule has 5 rings (SSSR count). The number of aromatic nitrogens is 4. The summed E-state index contributed by atoms with van der Waals surface area (Å²) in [5, 5.41) is 16.4. The minimum atomic E-state index is 0.0988. The van der Waals surface area contributed by atoms with Crippen molar-refractivity contribution in [3.8, 4) is 0 Å². The highest BCUT2D eigenvalue weighted by Gasteiger charge is 2.29. The summed E-state index contributed by atoms with van der Waals surface area (Å²) < 4.78 is 1.87. The average molecular weight is 369 g/mol. The van der Waals surface area contributed by atoms with Gasteiger partial charge in [-0.3, -0.25) is 0 Å². The van der Waals surface area contributed by atoms with Gasteiger partial charge in [-0.2, -0.15) is 9.61 Å². The maximum Gasteiger partial charge on any atom is 0.317 e. The van der Waals surface area contributed by atoms with Gasteiger partial charge in [0.1, 0.15) is 0 Å². The molecule has 2 amide bonds. The molecule has 144 valence electrons. The van der Waals surface area contributed by atoms with Gasteiger partial charge in [-0.25, -0.2) is 4.79 Å². The number of amides is 2. The predicted molar refractivity (Wildman–Crippen MR) is 102 cm³/mol. The third kappa shape index (κ3) is 3.44. The Morgan fingerprint density at radius 1 is 1.00 bits per heavy atom. The number of carbonyl (C=O) groups is 1. The number of hydrogen-bond acceptors (Lipinski definition) is 5.